The van der Waals surface area contributed by atoms with E-state index in [9.17, 15) is 0 Å². The van der Waals surface area contributed by atoms with Gasteiger partial charge in [-0.25, -0.2) is 4.85 Å². The molecule has 0 atom stereocenters. The van der Waals surface area contributed by atoms with Gasteiger partial charge in [-0.05, 0) is 48.0 Å². The summed E-state index contributed by atoms with van der Waals surface area (Å²) in [5, 5.41) is 4.88. The van der Waals surface area contributed by atoms with E-state index in [1.54, 1.807) is 0 Å². The number of fused-ring (bicyclic) bond motifs is 6. The zero-order chi connectivity index (χ0) is 26.6. The van der Waals surface area contributed by atoms with Gasteiger partial charge in [-0.3, -0.25) is 0 Å². The molecule has 8 aromatic rings. The van der Waals surface area contributed by atoms with E-state index in [-0.39, 0.29) is 0 Å². The summed E-state index contributed by atoms with van der Waals surface area (Å²) < 4.78 is 4.68. The molecule has 0 N–H and O–H groups in total. The molecule has 8 rings (SSSR count). The molecule has 40 heavy (non-hydrogen) atoms. The summed E-state index contributed by atoms with van der Waals surface area (Å²) in [6, 6.07) is 49.1. The second-order valence-electron chi connectivity index (χ2n) is 10.1. The third kappa shape index (κ3) is 3.24. The van der Waals surface area contributed by atoms with Crippen LogP contribution in [0.1, 0.15) is 0 Å². The van der Waals surface area contributed by atoms with Crippen molar-refractivity contribution in [3.05, 3.63) is 151 Å². The van der Waals surface area contributed by atoms with Crippen LogP contribution in [-0.2, 0) is 0 Å². The van der Waals surface area contributed by atoms with Crippen LogP contribution in [0.2, 0.25) is 0 Å². The first-order chi connectivity index (χ1) is 19.8. The largest absolute Gasteiger partial charge is 0.310 e. The molecule has 3 heteroatoms. The van der Waals surface area contributed by atoms with E-state index < -0.39 is 0 Å². The van der Waals surface area contributed by atoms with E-state index in [4.69, 9.17) is 6.57 Å². The average Bonchev–Trinajstić information content (AvgIpc) is 3.54. The van der Waals surface area contributed by atoms with Gasteiger partial charge in [-0.2, -0.15) is 0 Å². The first kappa shape index (κ1) is 22.4. The molecule has 0 aliphatic rings. The lowest BCUT2D eigenvalue weighted by molar-refractivity contribution is 1.18. The van der Waals surface area contributed by atoms with E-state index >= 15 is 0 Å². The van der Waals surface area contributed by atoms with Crippen molar-refractivity contribution in [2.45, 2.75) is 0 Å². The summed E-state index contributed by atoms with van der Waals surface area (Å²) in [5.41, 5.74) is 9.77. The quantitative estimate of drug-likeness (QED) is 0.210. The van der Waals surface area contributed by atoms with Crippen LogP contribution in [0.25, 0.3) is 71.0 Å². The number of hydrogen-bond acceptors (Lipinski definition) is 0. The number of hydrogen-bond donors (Lipinski definition) is 0. The summed E-state index contributed by atoms with van der Waals surface area (Å²) in [6.45, 7) is 7.57. The highest BCUT2D eigenvalue weighted by atomic mass is 15.0. The van der Waals surface area contributed by atoms with E-state index in [1.165, 1.54) is 38.1 Å². The molecule has 0 amide bonds. The predicted molar refractivity (Wildman–Crippen MR) is 167 cm³/mol. The molecule has 2 aromatic heterocycles. The van der Waals surface area contributed by atoms with Crippen LogP contribution in [-0.4, -0.2) is 9.13 Å². The highest BCUT2D eigenvalue weighted by Crippen LogP contribution is 2.40. The number of para-hydroxylation sites is 4. The van der Waals surface area contributed by atoms with Crippen LogP contribution in [0.4, 0.5) is 5.69 Å². The van der Waals surface area contributed by atoms with Crippen LogP contribution >= 0.6 is 0 Å². The molecule has 0 radical (unpaired) electrons. The maximum Gasteiger partial charge on any atom is 0.189 e. The fourth-order valence-corrected chi connectivity index (χ4v) is 6.21. The molecule has 0 saturated heterocycles. The summed E-state index contributed by atoms with van der Waals surface area (Å²) >= 11 is 0. The van der Waals surface area contributed by atoms with Gasteiger partial charge < -0.3 is 9.13 Å². The molecule has 0 aliphatic heterocycles. The zero-order valence-electron chi connectivity index (χ0n) is 21.6. The van der Waals surface area contributed by atoms with Gasteiger partial charge in [0.2, 0.25) is 0 Å². The van der Waals surface area contributed by atoms with Gasteiger partial charge in [0.1, 0.15) is 0 Å². The summed E-state index contributed by atoms with van der Waals surface area (Å²) in [6.07, 6.45) is 0. The number of benzene rings is 6. The molecule has 0 spiro atoms. The second-order valence-corrected chi connectivity index (χ2v) is 10.1. The molecule has 0 aliphatic carbocycles. The van der Waals surface area contributed by atoms with Gasteiger partial charge in [-0.1, -0.05) is 97.1 Å². The molecular weight excluding hydrogens is 486 g/mol. The molecule has 0 unspecified atom stereocenters. The summed E-state index contributed by atoms with van der Waals surface area (Å²) in [4.78, 5) is 3.69. The van der Waals surface area contributed by atoms with Crippen molar-refractivity contribution >= 4 is 49.3 Å². The minimum atomic E-state index is 0.636. The van der Waals surface area contributed by atoms with Crippen LogP contribution in [0, 0.1) is 6.57 Å². The highest BCUT2D eigenvalue weighted by Gasteiger charge is 2.18. The van der Waals surface area contributed by atoms with Gasteiger partial charge in [0.05, 0.1) is 28.6 Å². The van der Waals surface area contributed by atoms with Crippen molar-refractivity contribution in [2.24, 2.45) is 0 Å². The molecule has 0 bridgehead atoms. The van der Waals surface area contributed by atoms with Crippen molar-refractivity contribution in [3.63, 3.8) is 0 Å². The fourth-order valence-electron chi connectivity index (χ4n) is 6.21. The predicted octanol–water partition coefficient (Wildman–Crippen LogP) is 10.1. The highest BCUT2D eigenvalue weighted by molar-refractivity contribution is 6.15. The van der Waals surface area contributed by atoms with Gasteiger partial charge >= 0.3 is 0 Å². The molecule has 3 nitrogen and oxygen atoms in total. The molecule has 2 heterocycles. The Bertz CT molecular complexity index is 2280. The zero-order valence-corrected chi connectivity index (χ0v) is 21.6. The Balaban J connectivity index is 1.47. The minimum absolute atomic E-state index is 0.636. The summed E-state index contributed by atoms with van der Waals surface area (Å²) in [5.74, 6) is 0. The normalized spacial score (nSPS) is 11.5. The minimum Gasteiger partial charge on any atom is -0.310 e. The monoisotopic (exact) mass is 509 g/mol. The third-order valence-electron chi connectivity index (χ3n) is 7.91. The SMILES string of the molecule is [C-]#[N+]c1cccc(-n2c3ccccc3c3ccc(-c4cccc5c6ccccc6n(-c6ccccc6)c45)cc32)c1. The van der Waals surface area contributed by atoms with E-state index in [0.29, 0.717) is 5.69 Å². The Morgan fingerprint density at radius 2 is 1.07 bits per heavy atom. The molecular formula is C37H23N3. The van der Waals surface area contributed by atoms with Gasteiger partial charge in [0.15, 0.2) is 5.69 Å². The first-order valence-electron chi connectivity index (χ1n) is 13.4. The van der Waals surface area contributed by atoms with Gasteiger partial charge in [0, 0.05) is 38.5 Å². The Morgan fingerprint density at radius 3 is 1.88 bits per heavy atom. The topological polar surface area (TPSA) is 14.2 Å². The lowest BCUT2D eigenvalue weighted by atomic mass is 10.0. The lowest BCUT2D eigenvalue weighted by Gasteiger charge is -2.13. The van der Waals surface area contributed by atoms with E-state index in [1.807, 2.05) is 18.2 Å². The summed E-state index contributed by atoms with van der Waals surface area (Å²) in [7, 11) is 0. The molecule has 0 fully saturated rings. The maximum atomic E-state index is 7.57. The Morgan fingerprint density at radius 1 is 0.450 bits per heavy atom. The Hall–Kier alpha value is -5.59. The smallest absolute Gasteiger partial charge is 0.189 e. The molecule has 186 valence electrons. The van der Waals surface area contributed by atoms with Crippen molar-refractivity contribution in [2.75, 3.05) is 0 Å². The van der Waals surface area contributed by atoms with Gasteiger partial charge in [-0.15, -0.1) is 0 Å². The number of aromatic nitrogens is 2. The third-order valence-corrected chi connectivity index (χ3v) is 7.91. The van der Waals surface area contributed by atoms with E-state index in [0.717, 1.165) is 28.0 Å². The van der Waals surface area contributed by atoms with Crippen molar-refractivity contribution in [1.82, 2.24) is 9.13 Å². The molecule has 6 aromatic carbocycles. The van der Waals surface area contributed by atoms with Crippen LogP contribution in [0.15, 0.2) is 140 Å². The first-order valence-corrected chi connectivity index (χ1v) is 13.4. The fraction of sp³-hybridized carbons (Fsp3) is 0. The maximum absolute atomic E-state index is 7.57. The molecule has 0 saturated carbocycles. The van der Waals surface area contributed by atoms with Crippen LogP contribution in [0.3, 0.4) is 0 Å². The number of rotatable bonds is 3. The standard InChI is InChI=1S/C37H23N3/c1-38-26-11-9-14-28(24-26)39-34-19-7-5-15-30(34)32-22-21-25(23-36(32)39)29-17-10-18-33-31-16-6-8-20-35(31)40(37(29)33)27-12-3-2-4-13-27/h2-24H. The van der Waals surface area contributed by atoms with E-state index in [2.05, 4.69) is 135 Å². The second kappa shape index (κ2) is 8.73. The Labute approximate surface area is 231 Å². The van der Waals surface area contributed by atoms with Gasteiger partial charge in [0.25, 0.3) is 0 Å². The van der Waals surface area contributed by atoms with Crippen molar-refractivity contribution < 1.29 is 0 Å². The van der Waals surface area contributed by atoms with Crippen molar-refractivity contribution in [1.29, 1.82) is 0 Å². The lowest BCUT2D eigenvalue weighted by Crippen LogP contribution is -1.96. The average molecular weight is 510 g/mol. The number of nitrogens with zero attached hydrogens (tertiary/aromatic N) is 3. The van der Waals surface area contributed by atoms with Crippen LogP contribution in [0.5, 0.6) is 0 Å². The Kier molecular flexibility index (Phi) is 4.89. The van der Waals surface area contributed by atoms with Crippen molar-refractivity contribution in [3.8, 4) is 22.5 Å². The van der Waals surface area contributed by atoms with Crippen LogP contribution < -0.4 is 0 Å².